The maximum atomic E-state index is 13.8. The van der Waals surface area contributed by atoms with Crippen LogP contribution >= 0.6 is 15.9 Å². The van der Waals surface area contributed by atoms with E-state index in [1.165, 1.54) is 29.0 Å². The third-order valence-corrected chi connectivity index (χ3v) is 11.5. The molecular formula is C35H44BrF3N10O3S. The van der Waals surface area contributed by atoms with Gasteiger partial charge in [0.1, 0.15) is 17.0 Å². The summed E-state index contributed by atoms with van der Waals surface area (Å²) in [6.07, 6.45) is 3.03. The Morgan fingerprint density at radius 3 is 2.34 bits per heavy atom. The fraction of sp³-hybridized carbons (Fsp3) is 0.486. The molecule has 2 aliphatic rings. The second-order valence-corrected chi connectivity index (χ2v) is 16.3. The minimum absolute atomic E-state index is 0.0172. The Labute approximate surface area is 316 Å². The van der Waals surface area contributed by atoms with Crippen LogP contribution in [0.4, 0.5) is 47.7 Å². The number of sulfonamides is 1. The molecule has 13 nitrogen and oxygen atoms in total. The summed E-state index contributed by atoms with van der Waals surface area (Å²) >= 11 is 3.46. The van der Waals surface area contributed by atoms with Gasteiger partial charge in [-0.1, -0.05) is 6.92 Å². The van der Waals surface area contributed by atoms with E-state index in [2.05, 4.69) is 73.0 Å². The maximum Gasteiger partial charge on any atom is 0.573 e. The molecule has 4 aromatic rings. The van der Waals surface area contributed by atoms with Gasteiger partial charge >= 0.3 is 6.36 Å². The average Bonchev–Trinajstić information content (AvgIpc) is 3.10. The predicted octanol–water partition coefficient (Wildman–Crippen LogP) is 6.52. The first-order valence-corrected chi connectivity index (χ1v) is 20.1. The molecule has 18 heteroatoms. The number of fused-ring (bicyclic) bond motifs is 1. The van der Waals surface area contributed by atoms with Crippen molar-refractivity contribution in [3.8, 4) is 5.75 Å². The number of nitrogens with one attached hydrogen (secondary N) is 2. The number of piperazine rings is 1. The normalized spacial score (nSPS) is 16.7. The summed E-state index contributed by atoms with van der Waals surface area (Å²) in [5.74, 6) is -0.197. The second kappa shape index (κ2) is 15.8. The van der Waals surface area contributed by atoms with Crippen molar-refractivity contribution in [2.45, 2.75) is 58.5 Å². The van der Waals surface area contributed by atoms with E-state index >= 15 is 0 Å². The number of hydrogen-bond donors (Lipinski definition) is 2. The van der Waals surface area contributed by atoms with Crippen molar-refractivity contribution in [1.29, 1.82) is 0 Å². The molecule has 2 N–H and O–H groups in total. The Hall–Kier alpha value is -4.00. The first-order chi connectivity index (χ1) is 25.1. The summed E-state index contributed by atoms with van der Waals surface area (Å²) in [5, 5.41) is 6.14. The highest BCUT2D eigenvalue weighted by Crippen LogP contribution is 2.41. The first kappa shape index (κ1) is 38.7. The monoisotopic (exact) mass is 820 g/mol. The van der Waals surface area contributed by atoms with E-state index in [1.54, 1.807) is 32.0 Å². The number of aryl methyl sites for hydroxylation is 1. The first-order valence-electron chi connectivity index (χ1n) is 17.5. The molecular weight excluding hydrogens is 777 g/mol. The molecule has 0 bridgehead atoms. The summed E-state index contributed by atoms with van der Waals surface area (Å²) in [6, 6.07) is 6.46. The van der Waals surface area contributed by atoms with Crippen LogP contribution in [0.2, 0.25) is 0 Å². The largest absolute Gasteiger partial charge is 0.573 e. The fourth-order valence-electron chi connectivity index (χ4n) is 7.07. The van der Waals surface area contributed by atoms with Crippen LogP contribution in [0.1, 0.15) is 39.2 Å². The Balaban J connectivity index is 1.31. The van der Waals surface area contributed by atoms with Crippen molar-refractivity contribution < 1.29 is 26.3 Å². The molecule has 2 saturated heterocycles. The van der Waals surface area contributed by atoms with Gasteiger partial charge < -0.3 is 25.2 Å². The number of nitrogens with zero attached hydrogens (tertiary/aromatic N) is 8. The molecule has 0 saturated carbocycles. The summed E-state index contributed by atoms with van der Waals surface area (Å²) in [7, 11) is -1.64. The molecule has 53 heavy (non-hydrogen) atoms. The van der Waals surface area contributed by atoms with E-state index < -0.39 is 28.2 Å². The highest BCUT2D eigenvalue weighted by atomic mass is 79.9. The Kier molecular flexibility index (Phi) is 11.5. The van der Waals surface area contributed by atoms with Crippen molar-refractivity contribution in [3.63, 3.8) is 0 Å². The summed E-state index contributed by atoms with van der Waals surface area (Å²) in [6.45, 7) is 11.0. The van der Waals surface area contributed by atoms with E-state index in [1.807, 2.05) is 6.92 Å². The lowest BCUT2D eigenvalue weighted by molar-refractivity contribution is -0.274. The van der Waals surface area contributed by atoms with Gasteiger partial charge in [-0.25, -0.2) is 13.4 Å². The third-order valence-electron chi connectivity index (χ3n) is 9.55. The van der Waals surface area contributed by atoms with Gasteiger partial charge in [0, 0.05) is 81.7 Å². The summed E-state index contributed by atoms with van der Waals surface area (Å²) < 4.78 is 73.9. The number of halogens is 4. The van der Waals surface area contributed by atoms with Crippen LogP contribution < -0.4 is 24.6 Å². The van der Waals surface area contributed by atoms with Crippen LogP contribution in [-0.2, 0) is 16.4 Å². The summed E-state index contributed by atoms with van der Waals surface area (Å²) in [5.41, 5.74) is 3.08. The van der Waals surface area contributed by atoms with Gasteiger partial charge in [0.05, 0.1) is 27.6 Å². The number of aromatic nitrogens is 4. The van der Waals surface area contributed by atoms with Gasteiger partial charge in [-0.15, -0.1) is 13.2 Å². The van der Waals surface area contributed by atoms with Crippen LogP contribution in [0.15, 0.2) is 47.3 Å². The number of likely N-dealkylation sites (N-methyl/N-ethyl adjacent to an activating group) is 1. The van der Waals surface area contributed by atoms with Crippen molar-refractivity contribution in [2.75, 3.05) is 72.4 Å². The lowest BCUT2D eigenvalue weighted by atomic mass is 9.99. The zero-order chi connectivity index (χ0) is 38.1. The fourth-order valence-corrected chi connectivity index (χ4v) is 8.65. The van der Waals surface area contributed by atoms with Crippen molar-refractivity contribution in [1.82, 2.24) is 29.7 Å². The van der Waals surface area contributed by atoms with Gasteiger partial charge in [0.2, 0.25) is 16.0 Å². The molecule has 0 amide bonds. The second-order valence-electron chi connectivity index (χ2n) is 13.6. The SMILES string of the molecule is CCc1cc(Nc2ncc(Br)c(Nc3ccc4nccnc4c3N(C(C)C)S(C)(=O)=O)n2)c(OC(F)(F)F)cc1N1CCC(N2CCN(C)CC2)CC1. The van der Waals surface area contributed by atoms with E-state index in [-0.39, 0.29) is 23.1 Å². The zero-order valence-corrected chi connectivity index (χ0v) is 32.7. The van der Waals surface area contributed by atoms with Crippen LogP contribution in [-0.4, -0.2) is 109 Å². The van der Waals surface area contributed by atoms with Crippen molar-refractivity contribution in [2.24, 2.45) is 0 Å². The van der Waals surface area contributed by atoms with Crippen LogP contribution in [0.3, 0.4) is 0 Å². The molecule has 0 spiro atoms. The lowest BCUT2D eigenvalue weighted by Crippen LogP contribution is -2.52. The number of piperidine rings is 1. The van der Waals surface area contributed by atoms with Crippen LogP contribution in [0.5, 0.6) is 5.75 Å². The lowest BCUT2D eigenvalue weighted by Gasteiger charge is -2.43. The van der Waals surface area contributed by atoms with Gasteiger partial charge in [-0.2, -0.15) is 4.98 Å². The topological polar surface area (TPSA) is 132 Å². The number of hydrogen-bond acceptors (Lipinski definition) is 12. The van der Waals surface area contributed by atoms with E-state index in [0.717, 1.165) is 63.9 Å². The number of rotatable bonds is 11. The molecule has 0 unspecified atom stereocenters. The van der Waals surface area contributed by atoms with Crippen molar-refractivity contribution >= 4 is 71.5 Å². The van der Waals surface area contributed by atoms with Gasteiger partial charge in [-0.3, -0.25) is 19.2 Å². The highest BCUT2D eigenvalue weighted by molar-refractivity contribution is 9.10. The Morgan fingerprint density at radius 2 is 1.70 bits per heavy atom. The van der Waals surface area contributed by atoms with Crippen LogP contribution in [0.25, 0.3) is 11.0 Å². The van der Waals surface area contributed by atoms with E-state index in [4.69, 9.17) is 0 Å². The molecule has 2 aromatic heterocycles. The number of benzene rings is 2. The maximum absolute atomic E-state index is 13.8. The molecule has 286 valence electrons. The molecule has 6 rings (SSSR count). The quantitative estimate of drug-likeness (QED) is 0.171. The number of alkyl halides is 3. The Morgan fingerprint density at radius 1 is 1.00 bits per heavy atom. The molecule has 2 aliphatic heterocycles. The van der Waals surface area contributed by atoms with Gasteiger partial charge in [0.25, 0.3) is 0 Å². The molecule has 0 aliphatic carbocycles. The number of anilines is 6. The van der Waals surface area contributed by atoms with Crippen molar-refractivity contribution in [3.05, 3.63) is 52.9 Å². The standard InChI is InChI=1S/C35H44BrF3N10O3S/c1-6-23-19-28(30(52-35(37,38)39)20-29(23)48-13-9-24(10-14-48)47-17-15-46(4)16-18-47)44-34-42-21-25(36)33(45-34)43-27-8-7-26-31(41-12-11-40-26)32(27)49(22(2)3)53(5,50)51/h7-8,11-12,19-22,24H,6,9-10,13-18H2,1-5H3,(H2,42,43,44,45). The highest BCUT2D eigenvalue weighted by Gasteiger charge is 2.34. The summed E-state index contributed by atoms with van der Waals surface area (Å²) in [4.78, 5) is 24.7. The van der Waals surface area contributed by atoms with Gasteiger partial charge in [-0.05, 0) is 79.9 Å². The molecule has 0 atom stereocenters. The molecule has 0 radical (unpaired) electrons. The minimum atomic E-state index is -4.94. The van der Waals surface area contributed by atoms with Gasteiger partial charge in [0.15, 0.2) is 5.75 Å². The molecule has 4 heterocycles. The van der Waals surface area contributed by atoms with E-state index in [0.29, 0.717) is 39.3 Å². The predicted molar refractivity (Wildman–Crippen MR) is 205 cm³/mol. The molecule has 2 aromatic carbocycles. The number of ether oxygens (including phenoxy) is 1. The average molecular weight is 822 g/mol. The smallest absolute Gasteiger partial charge is 0.403 e. The Bertz CT molecular complexity index is 2040. The zero-order valence-electron chi connectivity index (χ0n) is 30.3. The third kappa shape index (κ3) is 9.04. The van der Waals surface area contributed by atoms with Crippen LogP contribution in [0, 0.1) is 0 Å². The minimum Gasteiger partial charge on any atom is -0.403 e. The molecule has 2 fully saturated rings. The van der Waals surface area contributed by atoms with E-state index in [9.17, 15) is 21.6 Å².